The van der Waals surface area contributed by atoms with Crippen LogP contribution >= 0.6 is 0 Å². The first-order chi connectivity index (χ1) is 14.3. The Morgan fingerprint density at radius 2 is 1.62 bits per heavy atom. The first kappa shape index (κ1) is 18.1. The van der Waals surface area contributed by atoms with Crippen LogP contribution in [0, 0.1) is 0 Å². The summed E-state index contributed by atoms with van der Waals surface area (Å²) < 4.78 is 16.1. The van der Waals surface area contributed by atoms with Crippen LogP contribution in [0.1, 0.15) is 21.5 Å². The number of benzene rings is 2. The van der Waals surface area contributed by atoms with E-state index in [1.807, 2.05) is 48.5 Å². The number of aromatic nitrogens is 4. The Hall–Kier alpha value is -4.27. The van der Waals surface area contributed by atoms with Gasteiger partial charge in [0.2, 0.25) is 12.8 Å². The van der Waals surface area contributed by atoms with E-state index in [9.17, 15) is 4.79 Å². The summed E-state index contributed by atoms with van der Waals surface area (Å²) in [5.74, 6) is 0. The maximum absolute atomic E-state index is 11.0. The second-order valence-electron chi connectivity index (χ2n) is 5.80. The molecule has 2 aromatic carbocycles. The number of carbonyl (C=O) groups is 1. The van der Waals surface area contributed by atoms with Crippen molar-refractivity contribution in [1.29, 1.82) is 0 Å². The molecular formula is C20H15N5O4. The molecule has 2 heterocycles. The van der Waals surface area contributed by atoms with Gasteiger partial charge in [-0.2, -0.15) is 0 Å². The number of hydrogen-bond donors (Lipinski definition) is 0. The highest BCUT2D eigenvalue weighted by atomic mass is 16.5. The fraction of sp³-hybridized carbons (Fsp3) is 0.0500. The van der Waals surface area contributed by atoms with Crippen molar-refractivity contribution in [3.63, 3.8) is 0 Å². The highest BCUT2D eigenvalue weighted by Crippen LogP contribution is 2.31. The van der Waals surface area contributed by atoms with Gasteiger partial charge in [-0.1, -0.05) is 46.6 Å². The minimum Gasteiger partial charge on any atom is -0.496 e. The standard InChI is InChI=1S/C20H15N5O4/c26-11-16-3-1-2-4-17(16)12-27-10-9-15-5-7-18(8-6-15)25(19-23-21-13-28-19)20-24-22-14-29-20/h1-11,13-14H,12H2. The van der Waals surface area contributed by atoms with E-state index in [2.05, 4.69) is 20.4 Å². The number of aldehydes is 1. The molecule has 0 radical (unpaired) electrons. The van der Waals surface area contributed by atoms with Crippen LogP contribution in [0.15, 0.2) is 76.4 Å². The van der Waals surface area contributed by atoms with E-state index >= 15 is 0 Å². The topological polar surface area (TPSA) is 107 Å². The zero-order valence-corrected chi connectivity index (χ0v) is 15.1. The Balaban J connectivity index is 1.44. The van der Waals surface area contributed by atoms with Crippen molar-refractivity contribution in [3.8, 4) is 0 Å². The average Bonchev–Trinajstić information content (AvgIpc) is 3.48. The van der Waals surface area contributed by atoms with Crippen molar-refractivity contribution in [2.24, 2.45) is 0 Å². The third kappa shape index (κ3) is 4.19. The van der Waals surface area contributed by atoms with Gasteiger partial charge < -0.3 is 13.6 Å². The fourth-order valence-corrected chi connectivity index (χ4v) is 2.61. The molecule has 0 atom stereocenters. The van der Waals surface area contributed by atoms with Crippen LogP contribution in [0.5, 0.6) is 0 Å². The zero-order chi connectivity index (χ0) is 19.9. The van der Waals surface area contributed by atoms with Gasteiger partial charge in [0.25, 0.3) is 0 Å². The summed E-state index contributed by atoms with van der Waals surface area (Å²) in [6.07, 6.45) is 6.66. The maximum atomic E-state index is 11.0. The lowest BCUT2D eigenvalue weighted by Gasteiger charge is -2.15. The Bertz CT molecular complexity index is 1040. The highest BCUT2D eigenvalue weighted by molar-refractivity contribution is 5.77. The van der Waals surface area contributed by atoms with E-state index < -0.39 is 0 Å². The molecule has 29 heavy (non-hydrogen) atoms. The van der Waals surface area contributed by atoms with Crippen molar-refractivity contribution in [2.45, 2.75) is 6.61 Å². The largest absolute Gasteiger partial charge is 0.496 e. The summed E-state index contributed by atoms with van der Waals surface area (Å²) in [6.45, 7) is 0.311. The van der Waals surface area contributed by atoms with Crippen molar-refractivity contribution in [1.82, 2.24) is 20.4 Å². The second-order valence-corrected chi connectivity index (χ2v) is 5.80. The smallest absolute Gasteiger partial charge is 0.331 e. The van der Waals surface area contributed by atoms with Crippen LogP contribution in [0.2, 0.25) is 0 Å². The van der Waals surface area contributed by atoms with Crippen LogP contribution < -0.4 is 4.90 Å². The van der Waals surface area contributed by atoms with E-state index in [-0.39, 0.29) is 12.0 Å². The first-order valence-electron chi connectivity index (χ1n) is 8.59. The number of rotatable bonds is 8. The normalized spacial score (nSPS) is 10.9. The van der Waals surface area contributed by atoms with E-state index in [1.54, 1.807) is 17.2 Å². The van der Waals surface area contributed by atoms with Crippen molar-refractivity contribution in [3.05, 3.63) is 84.3 Å². The molecule has 9 nitrogen and oxygen atoms in total. The fourth-order valence-electron chi connectivity index (χ4n) is 2.61. The van der Waals surface area contributed by atoms with Gasteiger partial charge in [0.1, 0.15) is 12.9 Å². The molecule has 0 aliphatic heterocycles. The Morgan fingerprint density at radius 3 is 2.24 bits per heavy atom. The molecule has 4 aromatic rings. The van der Waals surface area contributed by atoms with Crippen molar-refractivity contribution in [2.75, 3.05) is 4.90 Å². The second kappa shape index (κ2) is 8.61. The Morgan fingerprint density at radius 1 is 0.931 bits per heavy atom. The lowest BCUT2D eigenvalue weighted by molar-refractivity contribution is 0.112. The predicted molar refractivity (Wildman–Crippen MR) is 102 cm³/mol. The Labute approximate surface area is 165 Å². The molecule has 4 rings (SSSR count). The van der Waals surface area contributed by atoms with Crippen LogP contribution in [0.4, 0.5) is 17.7 Å². The van der Waals surface area contributed by atoms with Crippen LogP contribution in [-0.4, -0.2) is 26.7 Å². The number of hydrogen-bond acceptors (Lipinski definition) is 9. The van der Waals surface area contributed by atoms with Gasteiger partial charge in [0.05, 0.1) is 11.9 Å². The summed E-state index contributed by atoms with van der Waals surface area (Å²) in [7, 11) is 0. The van der Waals surface area contributed by atoms with E-state index in [0.29, 0.717) is 17.9 Å². The van der Waals surface area contributed by atoms with E-state index in [0.717, 1.165) is 17.4 Å². The molecule has 0 saturated carbocycles. The molecule has 144 valence electrons. The quantitative estimate of drug-likeness (QED) is 0.327. The lowest BCUT2D eigenvalue weighted by atomic mass is 10.1. The van der Waals surface area contributed by atoms with Gasteiger partial charge in [-0.3, -0.25) is 4.79 Å². The summed E-state index contributed by atoms with van der Waals surface area (Å²) in [5, 5.41) is 15.2. The zero-order valence-electron chi connectivity index (χ0n) is 15.1. The number of ether oxygens (including phenoxy) is 1. The van der Waals surface area contributed by atoms with Gasteiger partial charge in [-0.25, -0.2) is 4.90 Å². The van der Waals surface area contributed by atoms with Gasteiger partial charge in [0.15, 0.2) is 0 Å². The molecule has 0 bridgehead atoms. The van der Waals surface area contributed by atoms with Crippen LogP contribution in [0.25, 0.3) is 6.08 Å². The maximum Gasteiger partial charge on any atom is 0.331 e. The van der Waals surface area contributed by atoms with Crippen LogP contribution in [-0.2, 0) is 11.3 Å². The minimum absolute atomic E-state index is 0.203. The third-order valence-electron chi connectivity index (χ3n) is 4.01. The summed E-state index contributed by atoms with van der Waals surface area (Å²) in [5.41, 5.74) is 3.06. The number of anilines is 3. The molecule has 0 aliphatic rings. The first-order valence-corrected chi connectivity index (χ1v) is 8.59. The molecule has 0 unspecified atom stereocenters. The molecule has 0 N–H and O–H groups in total. The molecule has 0 spiro atoms. The molecule has 0 amide bonds. The molecule has 2 aromatic heterocycles. The monoisotopic (exact) mass is 389 g/mol. The minimum atomic E-state index is 0.203. The van der Waals surface area contributed by atoms with Gasteiger partial charge in [0, 0.05) is 5.56 Å². The van der Waals surface area contributed by atoms with Gasteiger partial charge in [-0.15, -0.1) is 10.2 Å². The molecule has 9 heteroatoms. The SMILES string of the molecule is O=Cc1ccccc1COC=Cc1ccc(N(c2nnco2)c2nnco2)cc1. The highest BCUT2D eigenvalue weighted by Gasteiger charge is 2.21. The molecular weight excluding hydrogens is 374 g/mol. The van der Waals surface area contributed by atoms with E-state index in [1.165, 1.54) is 12.8 Å². The van der Waals surface area contributed by atoms with Gasteiger partial charge in [-0.05, 0) is 29.3 Å². The Kier molecular flexibility index (Phi) is 5.38. The average molecular weight is 389 g/mol. The lowest BCUT2D eigenvalue weighted by Crippen LogP contribution is -2.10. The van der Waals surface area contributed by atoms with E-state index in [4.69, 9.17) is 13.6 Å². The molecule has 0 aliphatic carbocycles. The number of carbonyl (C=O) groups excluding carboxylic acids is 1. The number of nitrogens with zero attached hydrogens (tertiary/aromatic N) is 5. The summed E-state index contributed by atoms with van der Waals surface area (Å²) in [4.78, 5) is 12.6. The van der Waals surface area contributed by atoms with Gasteiger partial charge >= 0.3 is 12.0 Å². The third-order valence-corrected chi connectivity index (χ3v) is 4.01. The summed E-state index contributed by atoms with van der Waals surface area (Å²) >= 11 is 0. The summed E-state index contributed by atoms with van der Waals surface area (Å²) in [6, 6.07) is 15.2. The molecule has 0 saturated heterocycles. The predicted octanol–water partition coefficient (Wildman–Crippen LogP) is 3.92. The van der Waals surface area contributed by atoms with Crippen molar-refractivity contribution >= 4 is 30.1 Å². The van der Waals surface area contributed by atoms with Crippen LogP contribution in [0.3, 0.4) is 0 Å². The van der Waals surface area contributed by atoms with Crippen molar-refractivity contribution < 1.29 is 18.4 Å². The molecule has 0 fully saturated rings.